The second-order valence-corrected chi connectivity index (χ2v) is 8.89. The van der Waals surface area contributed by atoms with Crippen molar-refractivity contribution >= 4 is 20.1 Å². The Morgan fingerprint density at radius 2 is 1.72 bits per heavy atom. The maximum absolute atomic E-state index is 14.2. The maximum Gasteiger partial charge on any atom is 0.510 e. The van der Waals surface area contributed by atoms with Gasteiger partial charge in [0.15, 0.2) is 11.8 Å². The minimum atomic E-state index is -4.86. The highest BCUT2D eigenvalue weighted by atomic mass is 31.2. The number of methoxy groups -OCH3 is 2. The first-order chi connectivity index (χ1) is 16.8. The molecule has 1 aliphatic heterocycles. The molecule has 0 bridgehead atoms. The molecule has 0 radical (unpaired) electrons. The van der Waals surface area contributed by atoms with Gasteiger partial charge in [-0.2, -0.15) is 0 Å². The van der Waals surface area contributed by atoms with E-state index in [9.17, 15) is 38.3 Å². The summed E-state index contributed by atoms with van der Waals surface area (Å²) in [5, 5.41) is 21.5. The number of aromatic nitrogens is 2. The fourth-order valence-electron chi connectivity index (χ4n) is 2.98. The van der Waals surface area contributed by atoms with Gasteiger partial charge in [-0.3, -0.25) is 18.9 Å². The summed E-state index contributed by atoms with van der Waals surface area (Å²) >= 11 is 0. The molecule has 1 aromatic heterocycles. The van der Waals surface area contributed by atoms with Crippen LogP contribution in [-0.4, -0.2) is 90.5 Å². The fraction of sp³-hybridized carbons (Fsp3) is 0.647. The number of rotatable bonds is 11. The number of aliphatic hydroxyl groups excluding tert-OH is 1. The van der Waals surface area contributed by atoms with Crippen molar-refractivity contribution in [3.63, 3.8) is 0 Å². The largest absolute Gasteiger partial charge is 0.510 e. The second kappa shape index (κ2) is 11.9. The van der Waals surface area contributed by atoms with Gasteiger partial charge in [-0.1, -0.05) is 0 Å². The number of aromatic amines is 1. The molecule has 17 nitrogen and oxygen atoms in total. The summed E-state index contributed by atoms with van der Waals surface area (Å²) in [5.74, 6) is 0. The Morgan fingerprint density at radius 3 is 2.19 bits per heavy atom. The van der Waals surface area contributed by atoms with E-state index in [-0.39, 0.29) is 0 Å². The lowest BCUT2D eigenvalue weighted by molar-refractivity contribution is -0.141. The predicted octanol–water partition coefficient (Wildman–Crippen LogP) is -0.475. The van der Waals surface area contributed by atoms with Crippen molar-refractivity contribution in [3.05, 3.63) is 33.1 Å². The number of ether oxygens (including phenoxy) is 5. The zero-order valence-electron chi connectivity index (χ0n) is 19.1. The summed E-state index contributed by atoms with van der Waals surface area (Å²) in [4.78, 5) is 47.6. The lowest BCUT2D eigenvalue weighted by Crippen LogP contribution is -2.53. The maximum atomic E-state index is 14.2. The number of hydrogen-bond acceptors (Lipinski definition) is 15. The van der Waals surface area contributed by atoms with E-state index >= 15 is 0 Å². The van der Waals surface area contributed by atoms with Crippen LogP contribution in [-0.2, 0) is 41.8 Å². The van der Waals surface area contributed by atoms with Crippen molar-refractivity contribution in [1.82, 2.24) is 9.55 Å². The highest BCUT2D eigenvalue weighted by molar-refractivity contribution is 7.48. The molecule has 1 fully saturated rings. The van der Waals surface area contributed by atoms with Crippen LogP contribution in [0.15, 0.2) is 21.9 Å². The van der Waals surface area contributed by atoms with Crippen LogP contribution in [0.25, 0.3) is 0 Å². The molecule has 1 aliphatic rings. The van der Waals surface area contributed by atoms with Crippen LogP contribution >= 0.6 is 7.82 Å². The van der Waals surface area contributed by atoms with Crippen LogP contribution in [0.2, 0.25) is 0 Å². The molecule has 4 atom stereocenters. The minimum absolute atomic E-state index is 0.684. The number of H-pyrrole nitrogens is 1. The smallest absolute Gasteiger partial charge is 0.438 e. The first-order valence-electron chi connectivity index (χ1n) is 9.75. The van der Waals surface area contributed by atoms with Crippen LogP contribution in [0.3, 0.4) is 0 Å². The molecule has 0 spiro atoms. The van der Waals surface area contributed by atoms with Crippen molar-refractivity contribution in [3.8, 4) is 0 Å². The zero-order valence-corrected chi connectivity index (χ0v) is 20.0. The van der Waals surface area contributed by atoms with Gasteiger partial charge in [0.05, 0.1) is 20.8 Å². The molecule has 19 heteroatoms. The van der Waals surface area contributed by atoms with E-state index in [1.165, 1.54) is 0 Å². The Morgan fingerprint density at radius 1 is 1.17 bits per heavy atom. The number of carbonyl (C=O) groups is 2. The summed E-state index contributed by atoms with van der Waals surface area (Å²) in [7, 11) is -2.92. The summed E-state index contributed by atoms with van der Waals surface area (Å²) in [6, 6.07) is 0.914. The van der Waals surface area contributed by atoms with Crippen LogP contribution < -0.4 is 11.2 Å². The topological polar surface area (TPSA) is 220 Å². The van der Waals surface area contributed by atoms with Crippen LogP contribution in [0.5, 0.6) is 0 Å². The first-order valence-corrected chi connectivity index (χ1v) is 11.2. The average Bonchev–Trinajstić information content (AvgIpc) is 3.03. The Kier molecular flexibility index (Phi) is 9.72. The summed E-state index contributed by atoms with van der Waals surface area (Å²) in [6.07, 6.45) is -5.40. The van der Waals surface area contributed by atoms with Crippen molar-refractivity contribution in [2.45, 2.75) is 30.5 Å². The van der Waals surface area contributed by atoms with E-state index in [0.29, 0.717) is 4.57 Å². The number of nitrogens with zero attached hydrogens (tertiary/aromatic N) is 1. The molecule has 3 N–H and O–H groups in total. The molecule has 2 heterocycles. The second-order valence-electron chi connectivity index (χ2n) is 7.23. The average molecular weight is 546 g/mol. The lowest BCUT2D eigenvalue weighted by Gasteiger charge is -2.31. The van der Waals surface area contributed by atoms with E-state index in [0.717, 1.165) is 33.4 Å². The predicted molar refractivity (Wildman–Crippen MR) is 109 cm³/mol. The number of alkyl halides is 1. The van der Waals surface area contributed by atoms with E-state index < -0.39 is 81.8 Å². The van der Waals surface area contributed by atoms with Crippen LogP contribution in [0.4, 0.5) is 14.0 Å². The minimum Gasteiger partial charge on any atom is -0.438 e. The third kappa shape index (κ3) is 6.67. The van der Waals surface area contributed by atoms with Crippen molar-refractivity contribution in [2.24, 2.45) is 0 Å². The quantitative estimate of drug-likeness (QED) is 0.181. The fourth-order valence-corrected chi connectivity index (χ4v) is 3.94. The van der Waals surface area contributed by atoms with Gasteiger partial charge < -0.3 is 33.9 Å². The lowest BCUT2D eigenvalue weighted by atomic mass is 9.88. The van der Waals surface area contributed by atoms with E-state index in [1.807, 2.05) is 4.98 Å². The molecule has 1 saturated heterocycles. The molecule has 0 aromatic carbocycles. The standard InChI is InChI=1S/C17H24FN2O15P/c1-16(26)11(22)17(6-18,35-12(16)20-5-4-10(21)19-13(20)23)7-32-36(27,33-8-30-14(24)28-2)34-9-31-15(25)29-3/h4-5,11-12,22,26H,6-9H2,1-3H3,(H,19,21,23)/t11-,12+,16+,17+/m0/s1. The van der Waals surface area contributed by atoms with Gasteiger partial charge in [-0.15, -0.1) is 0 Å². The monoisotopic (exact) mass is 546 g/mol. The molecule has 36 heavy (non-hydrogen) atoms. The van der Waals surface area contributed by atoms with Gasteiger partial charge in [0.25, 0.3) is 5.56 Å². The SMILES string of the molecule is COC(=O)OCOP(=O)(OCOC(=O)OC)OC[C@@]1(CF)O[C@@H](n2ccc(=O)[nH]c2=O)[C@](C)(O)[C@@H]1O. The highest BCUT2D eigenvalue weighted by Crippen LogP contribution is 2.52. The number of hydrogen-bond donors (Lipinski definition) is 3. The molecule has 1 aromatic rings. The molecular weight excluding hydrogens is 522 g/mol. The summed E-state index contributed by atoms with van der Waals surface area (Å²) < 4.78 is 64.9. The number of phosphoric ester groups is 1. The number of aliphatic hydroxyl groups is 2. The zero-order chi connectivity index (χ0) is 27.1. The van der Waals surface area contributed by atoms with Crippen LogP contribution in [0, 0.1) is 0 Å². The van der Waals surface area contributed by atoms with Gasteiger partial charge in [0.2, 0.25) is 13.6 Å². The highest BCUT2D eigenvalue weighted by Gasteiger charge is 2.63. The third-order valence-corrected chi connectivity index (χ3v) is 6.09. The molecule has 2 rings (SSSR count). The molecule has 0 saturated carbocycles. The number of phosphoric acid groups is 1. The van der Waals surface area contributed by atoms with Gasteiger partial charge in [0, 0.05) is 12.3 Å². The molecule has 0 aliphatic carbocycles. The van der Waals surface area contributed by atoms with Gasteiger partial charge in [-0.25, -0.2) is 32.4 Å². The van der Waals surface area contributed by atoms with Gasteiger partial charge in [0.1, 0.15) is 18.4 Å². The Balaban J connectivity index is 2.26. The molecular formula is C17H24FN2O15P. The molecule has 204 valence electrons. The molecule has 0 unspecified atom stereocenters. The first kappa shape index (κ1) is 29.4. The van der Waals surface area contributed by atoms with Gasteiger partial charge >= 0.3 is 25.8 Å². The Hall–Kier alpha value is -2.86. The van der Waals surface area contributed by atoms with Gasteiger partial charge in [-0.05, 0) is 6.92 Å². The normalized spacial score (nSPS) is 25.8. The number of carbonyl (C=O) groups excluding carboxylic acids is 2. The Bertz CT molecular complexity index is 1060. The van der Waals surface area contributed by atoms with Crippen molar-refractivity contribution in [1.29, 1.82) is 0 Å². The molecule has 0 amide bonds. The van der Waals surface area contributed by atoms with Crippen molar-refractivity contribution in [2.75, 3.05) is 41.1 Å². The van der Waals surface area contributed by atoms with Crippen molar-refractivity contribution < 1.29 is 66.0 Å². The number of nitrogens with one attached hydrogen (secondary N) is 1. The summed E-state index contributed by atoms with van der Waals surface area (Å²) in [5.41, 5.74) is -6.62. The van der Waals surface area contributed by atoms with E-state index in [1.54, 1.807) is 0 Å². The third-order valence-electron chi connectivity index (χ3n) is 4.80. The number of halogens is 1. The summed E-state index contributed by atoms with van der Waals surface area (Å²) in [6.45, 7) is -3.82. The van der Waals surface area contributed by atoms with E-state index in [4.69, 9.17) is 18.3 Å². The Labute approximate surface area is 201 Å². The van der Waals surface area contributed by atoms with E-state index in [2.05, 4.69) is 18.9 Å². The van der Waals surface area contributed by atoms with Crippen LogP contribution in [0.1, 0.15) is 13.2 Å².